The summed E-state index contributed by atoms with van der Waals surface area (Å²) in [5.74, 6) is 1.46. The second kappa shape index (κ2) is 5.85. The SMILES string of the molecule is CC1=NN(c2ccc(-c3ccccc3-c3nn[nH]n3)cc2)CS1. The molecule has 0 bridgehead atoms. The van der Waals surface area contributed by atoms with Crippen LogP contribution in [-0.2, 0) is 0 Å². The van der Waals surface area contributed by atoms with E-state index in [4.69, 9.17) is 0 Å². The molecule has 2 aromatic carbocycles. The predicted molar refractivity (Wildman–Crippen MR) is 93.1 cm³/mol. The first-order valence-corrected chi connectivity index (χ1v) is 8.18. The Hall–Kier alpha value is -2.67. The van der Waals surface area contributed by atoms with E-state index >= 15 is 0 Å². The van der Waals surface area contributed by atoms with Gasteiger partial charge < -0.3 is 0 Å². The van der Waals surface area contributed by atoms with Crippen molar-refractivity contribution in [3.63, 3.8) is 0 Å². The molecule has 6 nitrogen and oxygen atoms in total. The number of aromatic amines is 1. The standard InChI is InChI=1S/C16H14N6S/c1-11-19-22(10-23-11)13-8-6-12(7-9-13)14-4-2-3-5-15(14)16-17-20-21-18-16/h2-9H,10H2,1H3,(H,17,18,20,21). The number of tetrazole rings is 1. The first-order chi connectivity index (χ1) is 11.3. The monoisotopic (exact) mass is 322 g/mol. The van der Waals surface area contributed by atoms with Gasteiger partial charge >= 0.3 is 0 Å². The van der Waals surface area contributed by atoms with Crippen molar-refractivity contribution in [1.29, 1.82) is 0 Å². The highest BCUT2D eigenvalue weighted by Gasteiger charge is 2.14. The van der Waals surface area contributed by atoms with E-state index in [2.05, 4.69) is 56.1 Å². The molecule has 0 unspecified atom stereocenters. The highest BCUT2D eigenvalue weighted by Crippen LogP contribution is 2.32. The first-order valence-electron chi connectivity index (χ1n) is 7.20. The molecule has 23 heavy (non-hydrogen) atoms. The van der Waals surface area contributed by atoms with Crippen molar-refractivity contribution >= 4 is 22.5 Å². The van der Waals surface area contributed by atoms with E-state index in [9.17, 15) is 0 Å². The lowest BCUT2D eigenvalue weighted by molar-refractivity contribution is 0.881. The molecule has 0 radical (unpaired) electrons. The fourth-order valence-corrected chi connectivity index (χ4v) is 3.21. The summed E-state index contributed by atoms with van der Waals surface area (Å²) < 4.78 is 0. The number of hydrazone groups is 1. The molecule has 0 aliphatic carbocycles. The summed E-state index contributed by atoms with van der Waals surface area (Å²) in [7, 11) is 0. The molecule has 1 aromatic heterocycles. The maximum Gasteiger partial charge on any atom is 0.205 e. The number of hydrogen-bond donors (Lipinski definition) is 1. The molecule has 0 fully saturated rings. The summed E-state index contributed by atoms with van der Waals surface area (Å²) in [6, 6.07) is 16.4. The van der Waals surface area contributed by atoms with Gasteiger partial charge in [-0.2, -0.15) is 10.3 Å². The highest BCUT2D eigenvalue weighted by molar-refractivity contribution is 8.14. The average molecular weight is 322 g/mol. The van der Waals surface area contributed by atoms with Gasteiger partial charge in [-0.25, -0.2) is 0 Å². The molecule has 0 amide bonds. The van der Waals surface area contributed by atoms with Crippen molar-refractivity contribution in [2.24, 2.45) is 5.10 Å². The Bertz CT molecular complexity index is 841. The van der Waals surface area contributed by atoms with Crippen LogP contribution < -0.4 is 5.01 Å². The summed E-state index contributed by atoms with van der Waals surface area (Å²) in [6.07, 6.45) is 0. The number of H-pyrrole nitrogens is 1. The second-order valence-electron chi connectivity index (χ2n) is 5.12. The molecular formula is C16H14N6S. The van der Waals surface area contributed by atoms with Gasteiger partial charge in [-0.05, 0) is 35.4 Å². The molecule has 0 atom stereocenters. The smallest absolute Gasteiger partial charge is 0.205 e. The van der Waals surface area contributed by atoms with Crippen LogP contribution in [0.3, 0.4) is 0 Å². The number of nitrogens with one attached hydrogen (secondary N) is 1. The van der Waals surface area contributed by atoms with E-state index in [1.165, 1.54) is 0 Å². The minimum atomic E-state index is 0.598. The van der Waals surface area contributed by atoms with Crippen LogP contribution in [0.1, 0.15) is 6.92 Å². The Morgan fingerprint density at radius 3 is 2.48 bits per heavy atom. The van der Waals surface area contributed by atoms with Gasteiger partial charge in [-0.15, -0.1) is 10.2 Å². The molecule has 1 N–H and O–H groups in total. The number of nitrogens with zero attached hydrogens (tertiary/aromatic N) is 5. The van der Waals surface area contributed by atoms with Crippen molar-refractivity contribution in [2.45, 2.75) is 6.92 Å². The molecule has 4 rings (SSSR count). The van der Waals surface area contributed by atoms with Crippen LogP contribution in [-0.4, -0.2) is 31.5 Å². The molecule has 1 aliphatic heterocycles. The molecular weight excluding hydrogens is 308 g/mol. The molecule has 0 spiro atoms. The van der Waals surface area contributed by atoms with Gasteiger partial charge in [0.1, 0.15) is 0 Å². The third-order valence-electron chi connectivity index (χ3n) is 3.65. The normalized spacial score (nSPS) is 14.1. The van der Waals surface area contributed by atoms with Gasteiger partial charge in [0.05, 0.1) is 16.6 Å². The van der Waals surface area contributed by atoms with Crippen LogP contribution in [0.5, 0.6) is 0 Å². The molecule has 2 heterocycles. The maximum atomic E-state index is 4.50. The summed E-state index contributed by atoms with van der Waals surface area (Å²) in [5.41, 5.74) is 4.24. The van der Waals surface area contributed by atoms with E-state index in [0.29, 0.717) is 5.82 Å². The molecule has 114 valence electrons. The minimum absolute atomic E-state index is 0.598. The van der Waals surface area contributed by atoms with Gasteiger partial charge in [-0.3, -0.25) is 5.01 Å². The number of hydrogen-bond acceptors (Lipinski definition) is 6. The minimum Gasteiger partial charge on any atom is -0.254 e. The molecule has 7 heteroatoms. The Balaban J connectivity index is 1.69. The summed E-state index contributed by atoms with van der Waals surface area (Å²) >= 11 is 1.75. The summed E-state index contributed by atoms with van der Waals surface area (Å²) in [4.78, 5) is 0. The number of thioether (sulfide) groups is 1. The van der Waals surface area contributed by atoms with Gasteiger partial charge in [0.2, 0.25) is 5.82 Å². The van der Waals surface area contributed by atoms with Crippen LogP contribution in [0.4, 0.5) is 5.69 Å². The quantitative estimate of drug-likeness (QED) is 0.800. The lowest BCUT2D eigenvalue weighted by atomic mass is 9.99. The third kappa shape index (κ3) is 2.70. The van der Waals surface area contributed by atoms with Crippen LogP contribution in [0.15, 0.2) is 53.6 Å². The van der Waals surface area contributed by atoms with E-state index < -0.39 is 0 Å². The number of rotatable bonds is 3. The topological polar surface area (TPSA) is 70.1 Å². The van der Waals surface area contributed by atoms with Crippen molar-refractivity contribution in [3.05, 3.63) is 48.5 Å². The summed E-state index contributed by atoms with van der Waals surface area (Å²) in [5, 5.41) is 21.9. The Labute approximate surface area is 137 Å². The van der Waals surface area contributed by atoms with Crippen molar-refractivity contribution in [2.75, 3.05) is 10.9 Å². The fraction of sp³-hybridized carbons (Fsp3) is 0.125. The maximum absolute atomic E-state index is 4.50. The van der Waals surface area contributed by atoms with Gasteiger partial charge in [0.15, 0.2) is 0 Å². The summed E-state index contributed by atoms with van der Waals surface area (Å²) in [6.45, 7) is 2.03. The first kappa shape index (κ1) is 14.0. The van der Waals surface area contributed by atoms with Crippen LogP contribution >= 0.6 is 11.8 Å². The molecule has 3 aromatic rings. The lowest BCUT2D eigenvalue weighted by Crippen LogP contribution is -2.10. The van der Waals surface area contributed by atoms with Crippen molar-refractivity contribution in [3.8, 4) is 22.5 Å². The van der Waals surface area contributed by atoms with Gasteiger partial charge in [-0.1, -0.05) is 48.2 Å². The molecule has 0 saturated carbocycles. The van der Waals surface area contributed by atoms with E-state index in [1.807, 2.05) is 30.1 Å². The van der Waals surface area contributed by atoms with Crippen LogP contribution in [0.25, 0.3) is 22.5 Å². The number of benzene rings is 2. The zero-order chi connectivity index (χ0) is 15.6. The van der Waals surface area contributed by atoms with E-state index in [-0.39, 0.29) is 0 Å². The third-order valence-corrected chi connectivity index (χ3v) is 4.52. The van der Waals surface area contributed by atoms with E-state index in [1.54, 1.807) is 11.8 Å². The average Bonchev–Trinajstić information content (AvgIpc) is 3.27. The zero-order valence-corrected chi connectivity index (χ0v) is 13.3. The second-order valence-corrected chi connectivity index (χ2v) is 6.26. The van der Waals surface area contributed by atoms with Crippen molar-refractivity contribution < 1.29 is 0 Å². The van der Waals surface area contributed by atoms with Gasteiger partial charge in [0, 0.05) is 5.56 Å². The van der Waals surface area contributed by atoms with Crippen LogP contribution in [0, 0.1) is 0 Å². The Kier molecular flexibility index (Phi) is 3.55. The van der Waals surface area contributed by atoms with Crippen LogP contribution in [0.2, 0.25) is 0 Å². The van der Waals surface area contributed by atoms with Crippen molar-refractivity contribution in [1.82, 2.24) is 20.6 Å². The fourth-order valence-electron chi connectivity index (χ4n) is 2.53. The number of aromatic nitrogens is 4. The molecule has 0 saturated heterocycles. The zero-order valence-electron chi connectivity index (χ0n) is 12.5. The Morgan fingerprint density at radius 1 is 1.04 bits per heavy atom. The molecule has 1 aliphatic rings. The lowest BCUT2D eigenvalue weighted by Gasteiger charge is -2.14. The Morgan fingerprint density at radius 2 is 1.83 bits per heavy atom. The largest absolute Gasteiger partial charge is 0.254 e. The van der Waals surface area contributed by atoms with Gasteiger partial charge in [0.25, 0.3) is 0 Å². The highest BCUT2D eigenvalue weighted by atomic mass is 32.2. The number of anilines is 1. The van der Waals surface area contributed by atoms with E-state index in [0.717, 1.165) is 33.3 Å². The predicted octanol–water partition coefficient (Wildman–Crippen LogP) is 3.38.